The first kappa shape index (κ1) is 14.3. The molecule has 0 atom stereocenters. The molecule has 0 aliphatic heterocycles. The molecule has 0 spiro atoms. The molecule has 1 aromatic heterocycles. The zero-order valence-electron chi connectivity index (χ0n) is 10.9. The van der Waals surface area contributed by atoms with Gasteiger partial charge in [-0.15, -0.1) is 0 Å². The van der Waals surface area contributed by atoms with E-state index in [2.05, 4.69) is 15.8 Å². The van der Waals surface area contributed by atoms with E-state index in [1.54, 1.807) is 36.5 Å². The fourth-order valence-electron chi connectivity index (χ4n) is 1.52. The quantitative estimate of drug-likeness (QED) is 0.692. The van der Waals surface area contributed by atoms with Crippen LogP contribution in [-0.4, -0.2) is 28.6 Å². The number of amides is 1. The number of nitrogens with zero attached hydrogens (tertiary/aromatic N) is 1. The highest BCUT2D eigenvalue weighted by Crippen LogP contribution is 2.17. The highest BCUT2D eigenvalue weighted by Gasteiger charge is 2.11. The molecule has 7 heteroatoms. The van der Waals surface area contributed by atoms with E-state index in [9.17, 15) is 9.59 Å². The third-order valence-corrected chi connectivity index (χ3v) is 2.47. The Kier molecular flexibility index (Phi) is 4.70. The summed E-state index contributed by atoms with van der Waals surface area (Å²) >= 11 is 0. The minimum atomic E-state index is -1.11. The van der Waals surface area contributed by atoms with Crippen molar-refractivity contribution in [2.24, 2.45) is 0 Å². The number of carboxylic acid groups (broad SMARTS) is 1. The van der Waals surface area contributed by atoms with Gasteiger partial charge in [-0.05, 0) is 24.3 Å². The first-order valence-electron chi connectivity index (χ1n) is 6.08. The van der Waals surface area contributed by atoms with Gasteiger partial charge in [-0.3, -0.25) is 15.6 Å². The maximum Gasteiger partial charge on any atom is 0.339 e. The lowest BCUT2D eigenvalue weighted by Crippen LogP contribution is -2.34. The summed E-state index contributed by atoms with van der Waals surface area (Å²) < 4.78 is 5.20. The topological polar surface area (TPSA) is 101 Å². The molecule has 0 aliphatic carbocycles. The van der Waals surface area contributed by atoms with Crippen LogP contribution in [0.2, 0.25) is 0 Å². The van der Waals surface area contributed by atoms with E-state index in [1.165, 1.54) is 12.1 Å². The second-order valence-electron chi connectivity index (χ2n) is 3.98. The van der Waals surface area contributed by atoms with Gasteiger partial charge in [0.1, 0.15) is 17.1 Å². The molecule has 0 radical (unpaired) electrons. The Hall–Kier alpha value is -3.09. The van der Waals surface area contributed by atoms with Gasteiger partial charge in [0.05, 0.1) is 0 Å². The van der Waals surface area contributed by atoms with Gasteiger partial charge in [-0.25, -0.2) is 9.78 Å². The van der Waals surface area contributed by atoms with Gasteiger partial charge in [0.15, 0.2) is 6.61 Å². The van der Waals surface area contributed by atoms with Gasteiger partial charge in [0.2, 0.25) is 0 Å². The summed E-state index contributed by atoms with van der Waals surface area (Å²) in [7, 11) is 0. The van der Waals surface area contributed by atoms with Crippen LogP contribution in [0.25, 0.3) is 0 Å². The van der Waals surface area contributed by atoms with Crippen molar-refractivity contribution >= 4 is 17.7 Å². The number of benzene rings is 1. The van der Waals surface area contributed by atoms with Crippen LogP contribution < -0.4 is 15.6 Å². The van der Waals surface area contributed by atoms with E-state index in [0.29, 0.717) is 5.82 Å². The molecule has 1 aromatic carbocycles. The van der Waals surface area contributed by atoms with Crippen molar-refractivity contribution in [3.63, 3.8) is 0 Å². The Morgan fingerprint density at radius 1 is 1.14 bits per heavy atom. The van der Waals surface area contributed by atoms with Crippen LogP contribution in [0.4, 0.5) is 5.82 Å². The zero-order chi connectivity index (χ0) is 15.1. The van der Waals surface area contributed by atoms with Crippen molar-refractivity contribution in [3.8, 4) is 5.75 Å². The number of aromatic nitrogens is 1. The van der Waals surface area contributed by atoms with Gasteiger partial charge in [0, 0.05) is 6.20 Å². The van der Waals surface area contributed by atoms with Crippen molar-refractivity contribution in [1.82, 2.24) is 10.4 Å². The molecule has 0 aliphatic rings. The van der Waals surface area contributed by atoms with Crippen molar-refractivity contribution in [2.45, 2.75) is 0 Å². The van der Waals surface area contributed by atoms with Gasteiger partial charge >= 0.3 is 5.97 Å². The van der Waals surface area contributed by atoms with Gasteiger partial charge < -0.3 is 9.84 Å². The normalized spacial score (nSPS) is 9.71. The third kappa shape index (κ3) is 4.20. The van der Waals surface area contributed by atoms with Gasteiger partial charge in [0.25, 0.3) is 5.91 Å². The summed E-state index contributed by atoms with van der Waals surface area (Å²) in [5, 5.41) is 8.98. The fraction of sp³-hybridized carbons (Fsp3) is 0.0714. The summed E-state index contributed by atoms with van der Waals surface area (Å²) in [6, 6.07) is 11.3. The summed E-state index contributed by atoms with van der Waals surface area (Å²) in [6.45, 7) is -0.315. The molecule has 2 rings (SSSR count). The largest absolute Gasteiger partial charge is 0.483 e. The Morgan fingerprint density at radius 3 is 2.62 bits per heavy atom. The molecule has 0 saturated heterocycles. The number of hydrogen-bond donors (Lipinski definition) is 3. The molecule has 7 nitrogen and oxygen atoms in total. The molecular weight excluding hydrogens is 274 g/mol. The lowest BCUT2D eigenvalue weighted by molar-refractivity contribution is -0.122. The van der Waals surface area contributed by atoms with Crippen molar-refractivity contribution in [3.05, 3.63) is 54.2 Å². The Labute approximate surface area is 120 Å². The van der Waals surface area contributed by atoms with E-state index < -0.39 is 11.9 Å². The monoisotopic (exact) mass is 287 g/mol. The average molecular weight is 287 g/mol. The summed E-state index contributed by atoms with van der Waals surface area (Å²) in [6.07, 6.45) is 1.58. The predicted molar refractivity (Wildman–Crippen MR) is 74.9 cm³/mol. The van der Waals surface area contributed by atoms with E-state index >= 15 is 0 Å². The SMILES string of the molecule is O=C(COc1ccccc1C(=O)O)NNc1ccccn1. The number of carbonyl (C=O) groups is 2. The smallest absolute Gasteiger partial charge is 0.339 e. The summed E-state index contributed by atoms with van der Waals surface area (Å²) in [5.41, 5.74) is 5.01. The van der Waals surface area contributed by atoms with Gasteiger partial charge in [-0.1, -0.05) is 18.2 Å². The van der Waals surface area contributed by atoms with Crippen LogP contribution in [0.1, 0.15) is 10.4 Å². The third-order valence-electron chi connectivity index (χ3n) is 2.47. The van der Waals surface area contributed by atoms with Crippen LogP contribution >= 0.6 is 0 Å². The molecule has 21 heavy (non-hydrogen) atoms. The zero-order valence-corrected chi connectivity index (χ0v) is 10.9. The van der Waals surface area contributed by atoms with Gasteiger partial charge in [-0.2, -0.15) is 0 Å². The number of aromatic carboxylic acids is 1. The molecule has 0 fully saturated rings. The Balaban J connectivity index is 1.86. The number of hydrogen-bond acceptors (Lipinski definition) is 5. The highest BCUT2D eigenvalue weighted by atomic mass is 16.5. The van der Waals surface area contributed by atoms with Crippen LogP contribution in [0.5, 0.6) is 5.75 Å². The standard InChI is InChI=1S/C14H13N3O4/c18-13(17-16-12-7-3-4-8-15-12)9-21-11-6-2-1-5-10(11)14(19)20/h1-8H,9H2,(H,15,16)(H,17,18)(H,19,20). The maximum absolute atomic E-state index is 11.6. The molecule has 1 amide bonds. The summed E-state index contributed by atoms with van der Waals surface area (Å²) in [5.74, 6) is -0.951. The first-order valence-corrected chi connectivity index (χ1v) is 6.08. The molecule has 3 N–H and O–H groups in total. The van der Waals surface area contributed by atoms with E-state index in [0.717, 1.165) is 0 Å². The van der Waals surface area contributed by atoms with Crippen LogP contribution in [0.15, 0.2) is 48.7 Å². The number of pyridine rings is 1. The lowest BCUT2D eigenvalue weighted by Gasteiger charge is -2.10. The number of anilines is 1. The number of para-hydroxylation sites is 1. The van der Waals surface area contributed by atoms with E-state index in [4.69, 9.17) is 9.84 Å². The van der Waals surface area contributed by atoms with Crippen LogP contribution in [0, 0.1) is 0 Å². The molecule has 2 aromatic rings. The van der Waals surface area contributed by atoms with Crippen molar-refractivity contribution < 1.29 is 19.4 Å². The molecule has 0 unspecified atom stereocenters. The molecule has 0 saturated carbocycles. The van der Waals surface area contributed by atoms with Crippen LogP contribution in [0.3, 0.4) is 0 Å². The lowest BCUT2D eigenvalue weighted by atomic mass is 10.2. The Bertz CT molecular complexity index is 631. The Morgan fingerprint density at radius 2 is 1.90 bits per heavy atom. The minimum absolute atomic E-state index is 0.00276. The first-order chi connectivity index (χ1) is 10.2. The molecule has 108 valence electrons. The number of hydrazine groups is 1. The molecular formula is C14H13N3O4. The molecule has 1 heterocycles. The summed E-state index contributed by atoms with van der Waals surface area (Å²) in [4.78, 5) is 26.5. The predicted octanol–water partition coefficient (Wildman–Crippen LogP) is 1.30. The average Bonchev–Trinajstić information content (AvgIpc) is 2.52. The molecule has 0 bridgehead atoms. The second-order valence-corrected chi connectivity index (χ2v) is 3.98. The number of ether oxygens (including phenoxy) is 1. The minimum Gasteiger partial charge on any atom is -0.483 e. The fourth-order valence-corrected chi connectivity index (χ4v) is 1.52. The van der Waals surface area contributed by atoms with Crippen molar-refractivity contribution in [2.75, 3.05) is 12.0 Å². The van der Waals surface area contributed by atoms with Crippen LogP contribution in [-0.2, 0) is 4.79 Å². The second kappa shape index (κ2) is 6.90. The number of carbonyl (C=O) groups excluding carboxylic acids is 1. The van der Waals surface area contributed by atoms with E-state index in [1.807, 2.05) is 0 Å². The number of carboxylic acids is 1. The van der Waals surface area contributed by atoms with Crippen molar-refractivity contribution in [1.29, 1.82) is 0 Å². The number of nitrogens with one attached hydrogen (secondary N) is 2. The maximum atomic E-state index is 11.6. The number of rotatable bonds is 6. The highest BCUT2D eigenvalue weighted by molar-refractivity contribution is 5.91. The van der Waals surface area contributed by atoms with E-state index in [-0.39, 0.29) is 17.9 Å².